The summed E-state index contributed by atoms with van der Waals surface area (Å²) in [5, 5.41) is 27.9. The Morgan fingerprint density at radius 2 is 2.12 bits per heavy atom. The van der Waals surface area contributed by atoms with Gasteiger partial charge in [0.25, 0.3) is 0 Å². The highest BCUT2D eigenvalue weighted by Crippen LogP contribution is 2.38. The van der Waals surface area contributed by atoms with Crippen LogP contribution in [0, 0.1) is 11.3 Å². The third kappa shape index (κ3) is 1.93. The summed E-state index contributed by atoms with van der Waals surface area (Å²) in [6.45, 7) is 3.45. The third-order valence-corrected chi connectivity index (χ3v) is 2.73. The highest BCUT2D eigenvalue weighted by molar-refractivity contribution is 4.97. The molecule has 2 N–H and O–H groups in total. The molecule has 0 aliphatic carbocycles. The molecule has 2 fully saturated rings. The number of aliphatic hydroxyl groups is 2. The van der Waals surface area contributed by atoms with Gasteiger partial charge in [-0.3, -0.25) is 0 Å². The molecule has 2 saturated heterocycles. The highest BCUT2D eigenvalue weighted by Gasteiger charge is 2.55. The lowest BCUT2D eigenvalue weighted by atomic mass is 10.0. The smallest absolute Gasteiger partial charge is 0.190 e. The molecular formula is C10H15NO5. The minimum absolute atomic E-state index is 0.0927. The van der Waals surface area contributed by atoms with E-state index in [1.165, 1.54) is 0 Å². The van der Waals surface area contributed by atoms with Crippen LogP contribution in [0.15, 0.2) is 0 Å². The first-order valence-corrected chi connectivity index (χ1v) is 5.19. The zero-order valence-corrected chi connectivity index (χ0v) is 9.16. The van der Waals surface area contributed by atoms with Crippen LogP contribution in [-0.2, 0) is 14.2 Å². The minimum Gasteiger partial charge on any atom is -0.389 e. The number of fused-ring (bicyclic) bond motifs is 1. The minimum atomic E-state index is -1.03. The van der Waals surface area contributed by atoms with Crippen LogP contribution in [0.25, 0.3) is 0 Å². The van der Waals surface area contributed by atoms with Crippen molar-refractivity contribution in [2.24, 2.45) is 0 Å². The van der Waals surface area contributed by atoms with Crippen molar-refractivity contribution in [2.45, 2.75) is 56.8 Å². The first kappa shape index (κ1) is 11.8. The van der Waals surface area contributed by atoms with Crippen LogP contribution < -0.4 is 0 Å². The number of hydrogen-bond acceptors (Lipinski definition) is 6. The molecule has 16 heavy (non-hydrogen) atoms. The van der Waals surface area contributed by atoms with Gasteiger partial charge in [0.15, 0.2) is 12.1 Å². The fourth-order valence-electron chi connectivity index (χ4n) is 2.04. The zero-order chi connectivity index (χ0) is 11.9. The van der Waals surface area contributed by atoms with Crippen LogP contribution in [0.1, 0.15) is 20.3 Å². The van der Waals surface area contributed by atoms with Crippen molar-refractivity contribution in [3.63, 3.8) is 0 Å². The lowest BCUT2D eigenvalue weighted by molar-refractivity contribution is -0.225. The van der Waals surface area contributed by atoms with E-state index in [1.54, 1.807) is 13.8 Å². The quantitative estimate of drug-likeness (QED) is 0.663. The normalized spacial score (nSPS) is 42.7. The van der Waals surface area contributed by atoms with E-state index in [4.69, 9.17) is 19.5 Å². The van der Waals surface area contributed by atoms with Gasteiger partial charge in [0.05, 0.1) is 18.6 Å². The van der Waals surface area contributed by atoms with Crippen LogP contribution in [0.3, 0.4) is 0 Å². The summed E-state index contributed by atoms with van der Waals surface area (Å²) in [5.41, 5.74) is 0. The van der Waals surface area contributed by atoms with Crippen molar-refractivity contribution in [3.05, 3.63) is 0 Å². The number of nitriles is 1. The van der Waals surface area contributed by atoms with Crippen LogP contribution in [0.2, 0.25) is 0 Å². The van der Waals surface area contributed by atoms with Gasteiger partial charge in [0, 0.05) is 0 Å². The van der Waals surface area contributed by atoms with Gasteiger partial charge in [-0.1, -0.05) is 0 Å². The van der Waals surface area contributed by atoms with Gasteiger partial charge in [-0.05, 0) is 13.8 Å². The van der Waals surface area contributed by atoms with Crippen LogP contribution in [0.4, 0.5) is 0 Å². The molecule has 2 aliphatic heterocycles. The molecule has 5 atom stereocenters. The Balaban J connectivity index is 2.03. The first-order valence-electron chi connectivity index (χ1n) is 5.19. The van der Waals surface area contributed by atoms with Gasteiger partial charge in [0.1, 0.15) is 18.3 Å². The molecule has 90 valence electrons. The average Bonchev–Trinajstić information content (AvgIpc) is 2.62. The van der Waals surface area contributed by atoms with Crippen LogP contribution in [-0.4, -0.2) is 46.7 Å². The molecule has 2 rings (SSSR count). The molecule has 0 aromatic carbocycles. The molecular weight excluding hydrogens is 214 g/mol. The molecule has 2 aliphatic rings. The number of rotatable bonds is 2. The summed E-state index contributed by atoms with van der Waals surface area (Å²) >= 11 is 0. The second-order valence-corrected chi connectivity index (χ2v) is 4.49. The summed E-state index contributed by atoms with van der Waals surface area (Å²) in [6, 6.07) is 1.82. The van der Waals surface area contributed by atoms with Gasteiger partial charge in [-0.2, -0.15) is 5.26 Å². The fraction of sp³-hybridized carbons (Fsp3) is 0.900. The number of nitrogens with zero attached hydrogens (tertiary/aromatic N) is 1. The molecule has 2 unspecified atom stereocenters. The SMILES string of the molecule is CC1(C)O[C@H]2OC([C@H](O)CC#N)C(O)[C@H]2O1. The summed E-state index contributed by atoms with van der Waals surface area (Å²) < 4.78 is 16.2. The summed E-state index contributed by atoms with van der Waals surface area (Å²) in [5.74, 6) is -0.790. The Labute approximate surface area is 93.3 Å². The maximum atomic E-state index is 9.89. The Bertz CT molecular complexity index is 313. The molecule has 0 saturated carbocycles. The van der Waals surface area contributed by atoms with Crippen molar-refractivity contribution in [2.75, 3.05) is 0 Å². The van der Waals surface area contributed by atoms with Crippen molar-refractivity contribution < 1.29 is 24.4 Å². The van der Waals surface area contributed by atoms with Crippen LogP contribution >= 0.6 is 0 Å². The van der Waals surface area contributed by atoms with E-state index in [0.717, 1.165) is 0 Å². The monoisotopic (exact) mass is 229 g/mol. The van der Waals surface area contributed by atoms with E-state index in [9.17, 15) is 10.2 Å². The van der Waals surface area contributed by atoms with Gasteiger partial charge in [0.2, 0.25) is 0 Å². The Kier molecular flexibility index (Phi) is 2.90. The maximum absolute atomic E-state index is 9.89. The summed E-state index contributed by atoms with van der Waals surface area (Å²) in [6.07, 6.45) is -4.21. The average molecular weight is 229 g/mol. The predicted molar refractivity (Wildman–Crippen MR) is 50.9 cm³/mol. The van der Waals surface area contributed by atoms with E-state index < -0.39 is 36.5 Å². The predicted octanol–water partition coefficient (Wildman–Crippen LogP) is -0.502. The van der Waals surface area contributed by atoms with Gasteiger partial charge in [-0.25, -0.2) is 0 Å². The standard InChI is InChI=1S/C10H15NO5/c1-10(2)15-8-6(13)7(5(12)3-4-11)14-9(8)16-10/h5-9,12-13H,3H2,1-2H3/t5-,6?,7?,8-,9-/m1/s1. The topological polar surface area (TPSA) is 91.9 Å². The molecule has 6 heteroatoms. The third-order valence-electron chi connectivity index (χ3n) is 2.73. The summed E-state index contributed by atoms with van der Waals surface area (Å²) in [4.78, 5) is 0. The molecule has 0 bridgehead atoms. The number of aliphatic hydroxyl groups excluding tert-OH is 2. The highest BCUT2D eigenvalue weighted by atomic mass is 16.8. The second-order valence-electron chi connectivity index (χ2n) is 4.49. The van der Waals surface area contributed by atoms with E-state index >= 15 is 0 Å². The lowest BCUT2D eigenvalue weighted by Crippen LogP contribution is -2.40. The van der Waals surface area contributed by atoms with Crippen molar-refractivity contribution in [3.8, 4) is 6.07 Å². The molecule has 0 aromatic rings. The summed E-state index contributed by atoms with van der Waals surface area (Å²) in [7, 11) is 0. The molecule has 0 spiro atoms. The Hall–Kier alpha value is -0.710. The maximum Gasteiger partial charge on any atom is 0.190 e. The van der Waals surface area contributed by atoms with E-state index in [2.05, 4.69) is 0 Å². The van der Waals surface area contributed by atoms with E-state index in [-0.39, 0.29) is 6.42 Å². The molecule has 2 heterocycles. The van der Waals surface area contributed by atoms with Gasteiger partial charge in [-0.15, -0.1) is 0 Å². The van der Waals surface area contributed by atoms with Crippen molar-refractivity contribution in [1.82, 2.24) is 0 Å². The Morgan fingerprint density at radius 1 is 1.44 bits per heavy atom. The molecule has 0 radical (unpaired) electrons. The molecule has 6 nitrogen and oxygen atoms in total. The zero-order valence-electron chi connectivity index (χ0n) is 9.16. The van der Waals surface area contributed by atoms with Crippen LogP contribution in [0.5, 0.6) is 0 Å². The molecule has 0 aromatic heterocycles. The van der Waals surface area contributed by atoms with Gasteiger partial charge >= 0.3 is 0 Å². The fourth-order valence-corrected chi connectivity index (χ4v) is 2.04. The van der Waals surface area contributed by atoms with E-state index in [0.29, 0.717) is 0 Å². The number of ether oxygens (including phenoxy) is 3. The second kappa shape index (κ2) is 3.95. The van der Waals surface area contributed by atoms with Crippen molar-refractivity contribution >= 4 is 0 Å². The van der Waals surface area contributed by atoms with Gasteiger partial charge < -0.3 is 24.4 Å². The number of hydrogen-bond donors (Lipinski definition) is 2. The first-order chi connectivity index (χ1) is 7.44. The molecule has 0 amide bonds. The lowest BCUT2D eigenvalue weighted by Gasteiger charge is -2.24. The Morgan fingerprint density at radius 3 is 2.69 bits per heavy atom. The largest absolute Gasteiger partial charge is 0.389 e. The van der Waals surface area contributed by atoms with E-state index in [1.807, 2.05) is 6.07 Å². The van der Waals surface area contributed by atoms with Crippen molar-refractivity contribution in [1.29, 1.82) is 5.26 Å².